The minimum atomic E-state index is -1.81. The van der Waals surface area contributed by atoms with E-state index in [2.05, 4.69) is 46.9 Å². The fourth-order valence-corrected chi connectivity index (χ4v) is 8.40. The Morgan fingerprint density at radius 2 is 1.86 bits per heavy atom. The Bertz CT molecular complexity index is 733. The molecule has 4 rings (SSSR count). The summed E-state index contributed by atoms with van der Waals surface area (Å²) in [6, 6.07) is 0. The van der Waals surface area contributed by atoms with Gasteiger partial charge in [-0.2, -0.15) is 0 Å². The summed E-state index contributed by atoms with van der Waals surface area (Å²) >= 11 is 0. The number of fused-ring (bicyclic) bond motifs is 5. The van der Waals surface area contributed by atoms with Crippen molar-refractivity contribution >= 4 is 20.4 Å². The molecule has 4 aliphatic rings. The third kappa shape index (κ3) is 3.15. The standard InChI is InChI=1S/C25H40O3Si/c1-23(2,3)29(5,6)28-18-11-14-25(16-26)17(15-18)7-8-19-20-9-10-22(27)24(20,4)13-12-21(19)25/h7,16,18-21H,8-15H2,1-6H3/t18?,19-,20-,21+,24-,25+/m0/s1. The predicted molar refractivity (Wildman–Crippen MR) is 119 cm³/mol. The molecule has 0 amide bonds. The second kappa shape index (κ2) is 6.88. The van der Waals surface area contributed by atoms with Crippen molar-refractivity contribution < 1.29 is 14.0 Å². The summed E-state index contributed by atoms with van der Waals surface area (Å²) in [5.74, 6) is 1.89. The highest BCUT2D eigenvalue weighted by Gasteiger charge is 2.60. The van der Waals surface area contributed by atoms with Crippen molar-refractivity contribution in [2.45, 2.75) is 103 Å². The molecule has 0 aromatic rings. The van der Waals surface area contributed by atoms with Crippen LogP contribution in [0.25, 0.3) is 0 Å². The van der Waals surface area contributed by atoms with Gasteiger partial charge in [-0.15, -0.1) is 0 Å². The molecule has 3 nitrogen and oxygen atoms in total. The molecule has 6 atom stereocenters. The summed E-state index contributed by atoms with van der Waals surface area (Å²) in [7, 11) is -1.81. The van der Waals surface area contributed by atoms with Gasteiger partial charge < -0.3 is 9.22 Å². The first kappa shape index (κ1) is 21.5. The molecule has 0 aliphatic heterocycles. The van der Waals surface area contributed by atoms with Gasteiger partial charge in [-0.3, -0.25) is 4.79 Å². The molecule has 29 heavy (non-hydrogen) atoms. The summed E-state index contributed by atoms with van der Waals surface area (Å²) in [5.41, 5.74) is 0.944. The van der Waals surface area contributed by atoms with Crippen LogP contribution in [0.15, 0.2) is 11.6 Å². The Morgan fingerprint density at radius 1 is 1.14 bits per heavy atom. The zero-order chi connectivity index (χ0) is 21.2. The van der Waals surface area contributed by atoms with E-state index in [1.54, 1.807) is 0 Å². The van der Waals surface area contributed by atoms with E-state index in [1.807, 2.05) is 0 Å². The van der Waals surface area contributed by atoms with Crippen molar-refractivity contribution in [2.24, 2.45) is 28.6 Å². The fraction of sp³-hybridized carbons (Fsp3) is 0.840. The first-order valence-corrected chi connectivity index (χ1v) is 14.7. The number of rotatable bonds is 3. The number of hydrogen-bond donors (Lipinski definition) is 0. The van der Waals surface area contributed by atoms with E-state index in [-0.39, 0.29) is 22.0 Å². The number of aldehydes is 1. The van der Waals surface area contributed by atoms with Crippen LogP contribution in [-0.2, 0) is 14.0 Å². The predicted octanol–water partition coefficient (Wildman–Crippen LogP) is 6.09. The van der Waals surface area contributed by atoms with Crippen molar-refractivity contribution in [3.63, 3.8) is 0 Å². The zero-order valence-electron chi connectivity index (χ0n) is 19.3. The number of ketones is 1. The smallest absolute Gasteiger partial charge is 0.192 e. The first-order chi connectivity index (χ1) is 13.4. The third-order valence-electron chi connectivity index (χ3n) is 9.85. The Kier molecular flexibility index (Phi) is 5.10. The van der Waals surface area contributed by atoms with Crippen LogP contribution in [0.1, 0.15) is 79.1 Å². The SMILES string of the molecule is CC(C)(C)[Si](C)(C)OC1CC[C@@]2(C=O)C(=CC[C@@H]3[C@H]2CC[C@]2(C)C(=O)CC[C@@H]32)C1. The van der Waals surface area contributed by atoms with E-state index in [0.29, 0.717) is 23.5 Å². The van der Waals surface area contributed by atoms with Crippen LogP contribution in [0.3, 0.4) is 0 Å². The lowest BCUT2D eigenvalue weighted by molar-refractivity contribution is -0.134. The second-order valence-corrected chi connectivity index (χ2v) is 16.9. The van der Waals surface area contributed by atoms with Gasteiger partial charge in [-0.1, -0.05) is 39.3 Å². The van der Waals surface area contributed by atoms with Crippen LogP contribution >= 0.6 is 0 Å². The molecule has 0 aromatic heterocycles. The van der Waals surface area contributed by atoms with E-state index in [9.17, 15) is 9.59 Å². The number of carbonyl (C=O) groups excluding carboxylic acids is 2. The molecule has 0 heterocycles. The molecular formula is C25H40O3Si. The van der Waals surface area contributed by atoms with E-state index in [4.69, 9.17) is 4.43 Å². The van der Waals surface area contributed by atoms with Crippen LogP contribution in [0, 0.1) is 28.6 Å². The maximum absolute atomic E-state index is 12.6. The Hall–Kier alpha value is -0.743. The van der Waals surface area contributed by atoms with Gasteiger partial charge in [-0.05, 0) is 80.8 Å². The number of carbonyl (C=O) groups is 2. The van der Waals surface area contributed by atoms with Crippen LogP contribution in [-0.4, -0.2) is 26.5 Å². The zero-order valence-corrected chi connectivity index (χ0v) is 20.3. The summed E-state index contributed by atoms with van der Waals surface area (Å²) in [6.45, 7) is 13.8. The van der Waals surface area contributed by atoms with Crippen LogP contribution in [0.4, 0.5) is 0 Å². The van der Waals surface area contributed by atoms with E-state index >= 15 is 0 Å². The van der Waals surface area contributed by atoms with Gasteiger partial charge in [0.05, 0.1) is 5.41 Å². The minimum absolute atomic E-state index is 0.126. The summed E-state index contributed by atoms with van der Waals surface area (Å²) in [4.78, 5) is 25.2. The molecule has 1 unspecified atom stereocenters. The third-order valence-corrected chi connectivity index (χ3v) is 14.4. The molecule has 3 fully saturated rings. The highest BCUT2D eigenvalue weighted by atomic mass is 28.4. The van der Waals surface area contributed by atoms with Gasteiger partial charge in [-0.25, -0.2) is 0 Å². The number of allylic oxidation sites excluding steroid dienone is 1. The Balaban J connectivity index is 1.58. The monoisotopic (exact) mass is 416 g/mol. The van der Waals surface area contributed by atoms with Crippen LogP contribution in [0.5, 0.6) is 0 Å². The average Bonchev–Trinajstić information content (AvgIpc) is 2.95. The van der Waals surface area contributed by atoms with E-state index in [0.717, 1.165) is 51.4 Å². The Labute approximate surface area is 178 Å². The van der Waals surface area contributed by atoms with Gasteiger partial charge in [0, 0.05) is 17.9 Å². The molecule has 0 N–H and O–H groups in total. The van der Waals surface area contributed by atoms with Gasteiger partial charge in [0.1, 0.15) is 12.1 Å². The molecule has 0 saturated heterocycles. The van der Waals surface area contributed by atoms with Gasteiger partial charge in [0.15, 0.2) is 8.32 Å². The van der Waals surface area contributed by atoms with Crippen molar-refractivity contribution in [2.75, 3.05) is 0 Å². The lowest BCUT2D eigenvalue weighted by Crippen LogP contribution is -2.53. The quantitative estimate of drug-likeness (QED) is 0.318. The number of hydrogen-bond acceptors (Lipinski definition) is 3. The normalized spacial score (nSPS) is 42.6. The van der Waals surface area contributed by atoms with Crippen LogP contribution < -0.4 is 0 Å². The molecular weight excluding hydrogens is 376 g/mol. The van der Waals surface area contributed by atoms with Gasteiger partial charge in [0.2, 0.25) is 0 Å². The second-order valence-electron chi connectivity index (χ2n) is 12.2. The highest BCUT2D eigenvalue weighted by Crippen LogP contribution is 2.63. The molecule has 162 valence electrons. The fourth-order valence-electron chi connectivity index (χ4n) is 7.02. The highest BCUT2D eigenvalue weighted by molar-refractivity contribution is 6.74. The van der Waals surface area contributed by atoms with Crippen molar-refractivity contribution in [3.05, 3.63) is 11.6 Å². The minimum Gasteiger partial charge on any atom is -0.414 e. The molecule has 0 radical (unpaired) electrons. The summed E-state index contributed by atoms with van der Waals surface area (Å²) in [6.07, 6.45) is 11.6. The average molecular weight is 417 g/mol. The Morgan fingerprint density at radius 3 is 2.52 bits per heavy atom. The molecule has 0 bridgehead atoms. The van der Waals surface area contributed by atoms with Crippen LogP contribution in [0.2, 0.25) is 18.1 Å². The van der Waals surface area contributed by atoms with Gasteiger partial charge >= 0.3 is 0 Å². The number of Topliss-reactive ketones (excluding diaryl/α,β-unsaturated/α-hetero) is 1. The van der Waals surface area contributed by atoms with Crippen molar-refractivity contribution in [3.8, 4) is 0 Å². The lowest BCUT2D eigenvalue weighted by Gasteiger charge is -2.56. The summed E-state index contributed by atoms with van der Waals surface area (Å²) in [5, 5.41) is 0.209. The largest absolute Gasteiger partial charge is 0.414 e. The van der Waals surface area contributed by atoms with Crippen molar-refractivity contribution in [1.29, 1.82) is 0 Å². The van der Waals surface area contributed by atoms with E-state index < -0.39 is 8.32 Å². The maximum atomic E-state index is 12.6. The molecule has 3 saturated carbocycles. The summed E-state index contributed by atoms with van der Waals surface area (Å²) < 4.78 is 6.75. The topological polar surface area (TPSA) is 43.4 Å². The molecule has 4 heteroatoms. The molecule has 0 aromatic carbocycles. The van der Waals surface area contributed by atoms with Crippen molar-refractivity contribution in [1.82, 2.24) is 0 Å². The molecule has 0 spiro atoms. The van der Waals surface area contributed by atoms with Gasteiger partial charge in [0.25, 0.3) is 0 Å². The molecule has 4 aliphatic carbocycles. The lowest BCUT2D eigenvalue weighted by atomic mass is 9.48. The van der Waals surface area contributed by atoms with E-state index in [1.165, 1.54) is 11.9 Å². The first-order valence-electron chi connectivity index (χ1n) is 11.8. The maximum Gasteiger partial charge on any atom is 0.192 e.